The Morgan fingerprint density at radius 1 is 0.312 bits per heavy atom. The number of aromatic nitrogens is 6. The highest BCUT2D eigenvalue weighted by molar-refractivity contribution is 6.12. The molecule has 8 aromatic carbocycles. The third kappa shape index (κ3) is 9.42. The molecule has 6 heteroatoms. The Kier molecular flexibility index (Phi) is 12.4. The molecule has 0 radical (unpaired) electrons. The maximum absolute atomic E-state index is 5.56. The number of hydrogen-bond acceptors (Lipinski definition) is 5. The molecule has 0 saturated carbocycles. The van der Waals surface area contributed by atoms with E-state index in [0.29, 0.717) is 23.3 Å². The highest BCUT2D eigenvalue weighted by Gasteiger charge is 2.36. The minimum absolute atomic E-state index is 0.123. The van der Waals surface area contributed by atoms with E-state index in [4.69, 9.17) is 24.9 Å². The van der Waals surface area contributed by atoms with Crippen molar-refractivity contribution in [2.45, 2.75) is 124 Å². The zero-order chi connectivity index (χ0) is 56.3. The second-order valence-electron chi connectivity index (χ2n) is 26.8. The van der Waals surface area contributed by atoms with Crippen LogP contribution in [0.4, 0.5) is 0 Å². The summed E-state index contributed by atoms with van der Waals surface area (Å²) in [5.41, 5.74) is 19.9. The molecule has 3 aromatic heterocycles. The van der Waals surface area contributed by atoms with Gasteiger partial charge in [0.1, 0.15) is 0 Å². The zero-order valence-electron chi connectivity index (χ0n) is 49.0. The standard InChI is InChI=1S/C74H72N6/c1-70(2,3)50-35-48(36-51(40-50)71(4,5)6)67-77-66(78-68(79-67)49-37-52(72(7,8)9)41-53(38-49)73(10,11)12)47-33-34-64(58(39-47)69-75-61(45-25-17-15-18-26-45)44-62(76-69)46-27-19-16-20-28-46)80-63-32-24-22-30-55(63)57-42-56-54-29-21-23-31-59(54)74(13,14)60(56)43-65(57)80/h15-44H,1-14H3. The van der Waals surface area contributed by atoms with Crippen molar-refractivity contribution < 1.29 is 0 Å². The van der Waals surface area contributed by atoms with Gasteiger partial charge in [0, 0.05) is 49.6 Å². The van der Waals surface area contributed by atoms with Crippen LogP contribution < -0.4 is 0 Å². The van der Waals surface area contributed by atoms with Gasteiger partial charge in [-0.25, -0.2) is 24.9 Å². The first-order valence-electron chi connectivity index (χ1n) is 28.3. The van der Waals surface area contributed by atoms with Crippen molar-refractivity contribution in [2.24, 2.45) is 0 Å². The van der Waals surface area contributed by atoms with Crippen LogP contribution in [0.5, 0.6) is 0 Å². The van der Waals surface area contributed by atoms with Gasteiger partial charge in [0.25, 0.3) is 0 Å². The molecule has 0 bridgehead atoms. The van der Waals surface area contributed by atoms with Gasteiger partial charge in [-0.2, -0.15) is 0 Å². The molecule has 6 nitrogen and oxygen atoms in total. The van der Waals surface area contributed by atoms with Gasteiger partial charge in [-0.1, -0.05) is 212 Å². The van der Waals surface area contributed by atoms with Gasteiger partial charge in [0.15, 0.2) is 23.3 Å². The largest absolute Gasteiger partial charge is 0.308 e. The highest BCUT2D eigenvalue weighted by Crippen LogP contribution is 2.51. The van der Waals surface area contributed by atoms with E-state index in [2.05, 4.69) is 271 Å². The molecule has 3 heterocycles. The van der Waals surface area contributed by atoms with E-state index >= 15 is 0 Å². The molecule has 398 valence electrons. The lowest BCUT2D eigenvalue weighted by Crippen LogP contribution is -2.17. The lowest BCUT2D eigenvalue weighted by Gasteiger charge is -2.26. The van der Waals surface area contributed by atoms with Crippen molar-refractivity contribution in [1.29, 1.82) is 0 Å². The summed E-state index contributed by atoms with van der Waals surface area (Å²) in [6.07, 6.45) is 0. The molecule has 0 saturated heterocycles. The summed E-state index contributed by atoms with van der Waals surface area (Å²) in [5.74, 6) is 2.41. The Morgan fingerprint density at radius 2 is 0.775 bits per heavy atom. The Bertz CT molecular complexity index is 4010. The van der Waals surface area contributed by atoms with Gasteiger partial charge >= 0.3 is 0 Å². The molecule has 0 fully saturated rings. The monoisotopic (exact) mass is 1040 g/mol. The molecular formula is C74H72N6. The van der Waals surface area contributed by atoms with Crippen LogP contribution in [0.1, 0.15) is 130 Å². The van der Waals surface area contributed by atoms with Gasteiger partial charge in [0.2, 0.25) is 0 Å². The summed E-state index contributed by atoms with van der Waals surface area (Å²) in [6.45, 7) is 32.0. The van der Waals surface area contributed by atoms with Crippen LogP contribution in [0.3, 0.4) is 0 Å². The first kappa shape index (κ1) is 52.4. The van der Waals surface area contributed by atoms with Crippen LogP contribution in [0.15, 0.2) is 182 Å². The van der Waals surface area contributed by atoms with Crippen molar-refractivity contribution in [3.05, 3.63) is 215 Å². The maximum Gasteiger partial charge on any atom is 0.164 e. The number of rotatable bonds is 7. The fourth-order valence-electron chi connectivity index (χ4n) is 11.6. The maximum atomic E-state index is 5.56. The third-order valence-corrected chi connectivity index (χ3v) is 16.5. The summed E-state index contributed by atoms with van der Waals surface area (Å²) in [5, 5.41) is 2.37. The normalized spacial score (nSPS) is 13.5. The van der Waals surface area contributed by atoms with Crippen molar-refractivity contribution >= 4 is 21.8 Å². The van der Waals surface area contributed by atoms with Gasteiger partial charge in [-0.3, -0.25) is 0 Å². The predicted molar refractivity (Wildman–Crippen MR) is 335 cm³/mol. The summed E-state index contributed by atoms with van der Waals surface area (Å²) in [6, 6.07) is 66.1. The number of hydrogen-bond donors (Lipinski definition) is 0. The quantitative estimate of drug-likeness (QED) is 0.159. The van der Waals surface area contributed by atoms with Crippen molar-refractivity contribution in [2.75, 3.05) is 0 Å². The molecule has 0 atom stereocenters. The fourth-order valence-corrected chi connectivity index (χ4v) is 11.6. The zero-order valence-corrected chi connectivity index (χ0v) is 49.0. The van der Waals surface area contributed by atoms with E-state index in [-0.39, 0.29) is 27.1 Å². The van der Waals surface area contributed by atoms with Crippen LogP contribution in [-0.2, 0) is 27.1 Å². The summed E-state index contributed by atoms with van der Waals surface area (Å²) in [4.78, 5) is 27.7. The highest BCUT2D eigenvalue weighted by atomic mass is 15.0. The van der Waals surface area contributed by atoms with Crippen molar-refractivity contribution in [3.8, 4) is 84.9 Å². The molecule has 0 spiro atoms. The lowest BCUT2D eigenvalue weighted by molar-refractivity contribution is 0.568. The predicted octanol–water partition coefficient (Wildman–Crippen LogP) is 19.3. The van der Waals surface area contributed by atoms with Crippen LogP contribution in [0.25, 0.3) is 107 Å². The minimum Gasteiger partial charge on any atom is -0.308 e. The molecule has 80 heavy (non-hydrogen) atoms. The van der Waals surface area contributed by atoms with E-state index in [1.54, 1.807) is 0 Å². The van der Waals surface area contributed by atoms with Crippen molar-refractivity contribution in [1.82, 2.24) is 29.5 Å². The molecule has 0 amide bonds. The van der Waals surface area contributed by atoms with Gasteiger partial charge < -0.3 is 4.57 Å². The van der Waals surface area contributed by atoms with Crippen LogP contribution in [0, 0.1) is 0 Å². The molecular weight excluding hydrogens is 973 g/mol. The van der Waals surface area contributed by atoms with E-state index in [0.717, 1.165) is 61.5 Å². The fraction of sp³-hybridized carbons (Fsp3) is 0.257. The Morgan fingerprint density at radius 3 is 1.29 bits per heavy atom. The lowest BCUT2D eigenvalue weighted by atomic mass is 9.79. The molecule has 1 aliphatic carbocycles. The summed E-state index contributed by atoms with van der Waals surface area (Å²) < 4.78 is 2.44. The van der Waals surface area contributed by atoms with Crippen LogP contribution >= 0.6 is 0 Å². The van der Waals surface area contributed by atoms with E-state index in [1.807, 2.05) is 12.1 Å². The molecule has 11 aromatic rings. The van der Waals surface area contributed by atoms with E-state index < -0.39 is 0 Å². The first-order valence-corrected chi connectivity index (χ1v) is 28.3. The molecule has 0 unspecified atom stereocenters. The number of benzene rings is 8. The van der Waals surface area contributed by atoms with Crippen LogP contribution in [0.2, 0.25) is 0 Å². The van der Waals surface area contributed by atoms with Crippen molar-refractivity contribution in [3.63, 3.8) is 0 Å². The summed E-state index contributed by atoms with van der Waals surface area (Å²) >= 11 is 0. The Hall–Kier alpha value is -8.35. The third-order valence-electron chi connectivity index (χ3n) is 16.5. The second kappa shape index (κ2) is 18.9. The number of para-hydroxylation sites is 1. The average molecular weight is 1050 g/mol. The average Bonchev–Trinajstić information content (AvgIpc) is 2.84. The Balaban J connectivity index is 1.18. The second-order valence-corrected chi connectivity index (χ2v) is 26.8. The molecule has 0 aliphatic heterocycles. The molecule has 0 N–H and O–H groups in total. The van der Waals surface area contributed by atoms with Gasteiger partial charge in [0.05, 0.1) is 28.1 Å². The molecule has 12 rings (SSSR count). The topological polar surface area (TPSA) is 69.4 Å². The SMILES string of the molecule is CC(C)(C)c1cc(-c2nc(-c3cc(C(C)(C)C)cc(C(C)(C)C)c3)nc(-c3ccc(-n4c5ccccc5c5cc6c(cc54)C(C)(C)c4ccccc4-6)c(-c4nc(-c5ccccc5)cc(-c5ccccc5)n4)c3)n2)cc(C(C)(C)C)c1. The van der Waals surface area contributed by atoms with Gasteiger partial charge in [-0.05, 0) is 133 Å². The van der Waals surface area contributed by atoms with Gasteiger partial charge in [-0.15, -0.1) is 0 Å². The van der Waals surface area contributed by atoms with Crippen LogP contribution in [-0.4, -0.2) is 29.5 Å². The minimum atomic E-state index is -0.208. The number of nitrogens with zero attached hydrogens (tertiary/aromatic N) is 6. The smallest absolute Gasteiger partial charge is 0.164 e. The van der Waals surface area contributed by atoms with E-state index in [1.165, 1.54) is 55.3 Å². The molecule has 1 aliphatic rings. The summed E-state index contributed by atoms with van der Waals surface area (Å²) in [7, 11) is 0. The first-order chi connectivity index (χ1) is 37.9. The Labute approximate surface area is 473 Å². The van der Waals surface area contributed by atoms with E-state index in [9.17, 15) is 0 Å². The number of fused-ring (bicyclic) bond motifs is 6.